The van der Waals surface area contributed by atoms with E-state index in [2.05, 4.69) is 74.4 Å². The molecule has 5 nitrogen and oxygen atoms in total. The van der Waals surface area contributed by atoms with Gasteiger partial charge in [-0.15, -0.1) is 0 Å². The summed E-state index contributed by atoms with van der Waals surface area (Å²) in [6, 6.07) is 34.4. The number of nitrogens with zero attached hydrogens (tertiary/aromatic N) is 1. The van der Waals surface area contributed by atoms with E-state index >= 15 is 0 Å². The number of aromatic nitrogens is 2. The molecule has 5 aromatic rings. The van der Waals surface area contributed by atoms with Crippen LogP contribution in [0.4, 0.5) is 5.69 Å². The highest BCUT2D eigenvalue weighted by molar-refractivity contribution is 7.99. The summed E-state index contributed by atoms with van der Waals surface area (Å²) in [7, 11) is 0. The van der Waals surface area contributed by atoms with Gasteiger partial charge in [0.2, 0.25) is 0 Å². The zero-order valence-electron chi connectivity index (χ0n) is 25.3. The van der Waals surface area contributed by atoms with Crippen LogP contribution in [0.15, 0.2) is 108 Å². The van der Waals surface area contributed by atoms with Gasteiger partial charge in [0, 0.05) is 28.1 Å². The number of benzene rings is 4. The molecule has 0 saturated carbocycles. The van der Waals surface area contributed by atoms with Crippen molar-refractivity contribution in [3.63, 3.8) is 0 Å². The molecule has 0 aliphatic carbocycles. The number of imidazole rings is 1. The van der Waals surface area contributed by atoms with Gasteiger partial charge >= 0.3 is 0 Å². The fraction of sp³-hybridized carbons (Fsp3) is 0.243. The quantitative estimate of drug-likeness (QED) is 0.112. The molecule has 1 heterocycles. The Morgan fingerprint density at radius 2 is 1.40 bits per heavy atom. The van der Waals surface area contributed by atoms with Crippen LogP contribution >= 0.6 is 11.8 Å². The molecule has 0 atom stereocenters. The minimum Gasteiger partial charge on any atom is -0.494 e. The van der Waals surface area contributed by atoms with E-state index in [0.29, 0.717) is 6.61 Å². The number of hydrogen-bond acceptors (Lipinski definition) is 4. The Kier molecular flexibility index (Phi) is 10.0. The molecule has 0 fully saturated rings. The summed E-state index contributed by atoms with van der Waals surface area (Å²) in [5, 5.41) is 3.99. The lowest BCUT2D eigenvalue weighted by atomic mass is 9.88. The largest absolute Gasteiger partial charge is 0.494 e. The number of H-pyrrole nitrogens is 1. The van der Waals surface area contributed by atoms with Gasteiger partial charge in [-0.3, -0.25) is 4.79 Å². The lowest BCUT2D eigenvalue weighted by Crippen LogP contribution is -2.18. The number of amides is 1. The minimum atomic E-state index is -0.0672. The van der Waals surface area contributed by atoms with Gasteiger partial charge in [0.1, 0.15) is 5.75 Å². The summed E-state index contributed by atoms with van der Waals surface area (Å²) in [4.78, 5) is 21.8. The SMILES string of the molecule is CC(C)c1cccc(C(C)C)c1C(=O)Nc1ccc(OCCCSc2nc(-c3ccccc3)c(-c3ccccc3)[nH]2)cc1. The number of nitrogens with one attached hydrogen (secondary N) is 2. The molecular formula is C37H39N3O2S. The zero-order chi connectivity index (χ0) is 30.2. The summed E-state index contributed by atoms with van der Waals surface area (Å²) < 4.78 is 6.00. The first kappa shape index (κ1) is 30.2. The van der Waals surface area contributed by atoms with Gasteiger partial charge in [0.25, 0.3) is 5.91 Å². The monoisotopic (exact) mass is 589 g/mol. The summed E-state index contributed by atoms with van der Waals surface area (Å²) in [5.41, 5.74) is 7.89. The van der Waals surface area contributed by atoms with Gasteiger partial charge in [-0.25, -0.2) is 4.98 Å². The van der Waals surface area contributed by atoms with Crippen molar-refractivity contribution in [1.82, 2.24) is 9.97 Å². The second kappa shape index (κ2) is 14.3. The molecule has 0 bridgehead atoms. The van der Waals surface area contributed by atoms with Crippen molar-refractivity contribution >= 4 is 23.4 Å². The van der Waals surface area contributed by atoms with E-state index in [9.17, 15) is 4.79 Å². The number of carbonyl (C=O) groups is 1. The molecule has 0 saturated heterocycles. The van der Waals surface area contributed by atoms with Gasteiger partial charge < -0.3 is 15.0 Å². The smallest absolute Gasteiger partial charge is 0.256 e. The molecule has 220 valence electrons. The fourth-order valence-corrected chi connectivity index (χ4v) is 5.88. The van der Waals surface area contributed by atoms with Crippen LogP contribution in [-0.4, -0.2) is 28.2 Å². The highest BCUT2D eigenvalue weighted by Gasteiger charge is 2.20. The van der Waals surface area contributed by atoms with E-state index in [-0.39, 0.29) is 17.7 Å². The Hall–Kier alpha value is -4.29. The number of aromatic amines is 1. The summed E-state index contributed by atoms with van der Waals surface area (Å²) in [6.45, 7) is 9.09. The van der Waals surface area contributed by atoms with Crippen LogP contribution in [0.3, 0.4) is 0 Å². The fourth-order valence-electron chi connectivity index (χ4n) is 5.10. The molecule has 0 spiro atoms. The summed E-state index contributed by atoms with van der Waals surface area (Å²) in [6.07, 6.45) is 0.870. The summed E-state index contributed by atoms with van der Waals surface area (Å²) in [5.74, 6) is 2.11. The zero-order valence-corrected chi connectivity index (χ0v) is 26.1. The first-order chi connectivity index (χ1) is 20.9. The standard InChI is InChI=1S/C37H39N3O2S/c1-25(2)31-17-11-18-32(26(3)4)33(31)36(41)38-29-19-21-30(22-20-29)42-23-12-24-43-37-39-34(27-13-7-5-8-14-27)35(40-37)28-15-9-6-10-16-28/h5-11,13-22,25-26H,12,23-24H2,1-4H3,(H,38,41)(H,39,40). The number of hydrogen-bond donors (Lipinski definition) is 2. The number of rotatable bonds is 12. The average Bonchev–Trinajstić information content (AvgIpc) is 3.46. The van der Waals surface area contributed by atoms with Gasteiger partial charge in [0.15, 0.2) is 5.16 Å². The molecule has 4 aromatic carbocycles. The first-order valence-corrected chi connectivity index (χ1v) is 15.9. The molecule has 2 N–H and O–H groups in total. The van der Waals surface area contributed by atoms with Crippen molar-refractivity contribution in [2.45, 2.75) is 51.1 Å². The van der Waals surface area contributed by atoms with Crippen LogP contribution in [0.2, 0.25) is 0 Å². The van der Waals surface area contributed by atoms with Crippen molar-refractivity contribution in [3.8, 4) is 28.3 Å². The molecular weight excluding hydrogens is 550 g/mol. The van der Waals surface area contributed by atoms with Crippen molar-refractivity contribution in [2.75, 3.05) is 17.7 Å². The van der Waals surface area contributed by atoms with Crippen molar-refractivity contribution in [1.29, 1.82) is 0 Å². The minimum absolute atomic E-state index is 0.0672. The second-order valence-electron chi connectivity index (χ2n) is 11.1. The van der Waals surface area contributed by atoms with Gasteiger partial charge in [0.05, 0.1) is 18.0 Å². The van der Waals surface area contributed by atoms with E-state index in [1.54, 1.807) is 11.8 Å². The number of ether oxygens (including phenoxy) is 1. The van der Waals surface area contributed by atoms with Crippen LogP contribution < -0.4 is 10.1 Å². The Morgan fingerprint density at radius 1 is 0.791 bits per heavy atom. The summed E-state index contributed by atoms with van der Waals surface area (Å²) >= 11 is 1.70. The van der Waals surface area contributed by atoms with Crippen LogP contribution in [0, 0.1) is 0 Å². The Bertz CT molecular complexity index is 1550. The lowest BCUT2D eigenvalue weighted by Gasteiger charge is -2.19. The van der Waals surface area contributed by atoms with Gasteiger partial charge in [-0.1, -0.05) is 118 Å². The van der Waals surface area contributed by atoms with Gasteiger partial charge in [-0.05, 0) is 53.6 Å². The topological polar surface area (TPSA) is 67.0 Å². The number of carbonyl (C=O) groups excluding carboxylic acids is 1. The van der Waals surface area contributed by atoms with E-state index in [4.69, 9.17) is 9.72 Å². The Morgan fingerprint density at radius 3 is 2.00 bits per heavy atom. The average molecular weight is 590 g/mol. The van der Waals surface area contributed by atoms with E-state index in [1.807, 2.05) is 66.7 Å². The molecule has 1 aromatic heterocycles. The molecule has 43 heavy (non-hydrogen) atoms. The van der Waals surface area contributed by atoms with Crippen LogP contribution in [0.1, 0.15) is 67.4 Å². The second-order valence-corrected chi connectivity index (χ2v) is 12.2. The normalized spacial score (nSPS) is 11.2. The molecule has 6 heteroatoms. The highest BCUT2D eigenvalue weighted by Crippen LogP contribution is 2.33. The number of anilines is 1. The molecule has 0 unspecified atom stereocenters. The third-order valence-electron chi connectivity index (χ3n) is 7.30. The maximum Gasteiger partial charge on any atom is 0.256 e. The van der Waals surface area contributed by atoms with E-state index in [0.717, 1.165) is 68.0 Å². The lowest BCUT2D eigenvalue weighted by molar-refractivity contribution is 0.102. The predicted octanol–water partition coefficient (Wildman–Crippen LogP) is 9.80. The molecule has 0 radical (unpaired) electrons. The maximum absolute atomic E-state index is 13.3. The van der Waals surface area contributed by atoms with Crippen LogP contribution in [0.25, 0.3) is 22.5 Å². The molecule has 5 rings (SSSR count). The van der Waals surface area contributed by atoms with Crippen molar-refractivity contribution < 1.29 is 9.53 Å². The Balaban J connectivity index is 1.15. The van der Waals surface area contributed by atoms with Crippen molar-refractivity contribution in [3.05, 3.63) is 120 Å². The first-order valence-electron chi connectivity index (χ1n) is 14.9. The van der Waals surface area contributed by atoms with E-state index in [1.165, 1.54) is 0 Å². The van der Waals surface area contributed by atoms with Crippen molar-refractivity contribution in [2.24, 2.45) is 0 Å². The third kappa shape index (κ3) is 7.57. The van der Waals surface area contributed by atoms with Gasteiger partial charge in [-0.2, -0.15) is 0 Å². The predicted molar refractivity (Wildman–Crippen MR) is 179 cm³/mol. The number of thioether (sulfide) groups is 1. The van der Waals surface area contributed by atoms with Crippen LogP contribution in [0.5, 0.6) is 5.75 Å². The highest BCUT2D eigenvalue weighted by atomic mass is 32.2. The van der Waals surface area contributed by atoms with E-state index < -0.39 is 0 Å². The molecule has 1 amide bonds. The van der Waals surface area contributed by atoms with Crippen LogP contribution in [-0.2, 0) is 0 Å². The third-order valence-corrected chi connectivity index (χ3v) is 8.26. The Labute approximate surface area is 259 Å². The molecule has 0 aliphatic heterocycles. The maximum atomic E-state index is 13.3. The molecule has 0 aliphatic rings.